The highest BCUT2D eigenvalue weighted by Gasteiger charge is 2.45. The minimum absolute atomic E-state index is 0.302. The monoisotopic (exact) mass is 448 g/mol. The number of likely N-dealkylation sites (N-methyl/N-ethyl adjacent to an activating group) is 1. The van der Waals surface area contributed by atoms with Gasteiger partial charge in [-0.15, -0.1) is 11.3 Å². The third kappa shape index (κ3) is 3.61. The van der Waals surface area contributed by atoms with Crippen molar-refractivity contribution in [3.05, 3.63) is 53.8 Å². The third-order valence-electron chi connectivity index (χ3n) is 5.34. The first-order valence-electron chi connectivity index (χ1n) is 9.93. The number of carbonyl (C=O) groups is 1. The molecule has 0 radical (unpaired) electrons. The Labute approximate surface area is 187 Å². The van der Waals surface area contributed by atoms with Gasteiger partial charge in [0, 0.05) is 57.1 Å². The number of hydrogen-bond acceptors (Lipinski definition) is 9. The van der Waals surface area contributed by atoms with Gasteiger partial charge in [0.15, 0.2) is 11.4 Å². The van der Waals surface area contributed by atoms with E-state index >= 15 is 0 Å². The minimum atomic E-state index is -1.52. The zero-order valence-electron chi connectivity index (χ0n) is 17.4. The number of nitrogens with one attached hydrogen (secondary N) is 1. The zero-order valence-corrected chi connectivity index (χ0v) is 18.2. The Morgan fingerprint density at radius 2 is 1.94 bits per heavy atom. The first kappa shape index (κ1) is 20.2. The second kappa shape index (κ2) is 7.77. The molecule has 1 atom stereocenters. The van der Waals surface area contributed by atoms with Crippen molar-refractivity contribution in [2.24, 2.45) is 7.05 Å². The highest BCUT2D eigenvalue weighted by Crippen LogP contribution is 2.35. The fraction of sp³-hybridized carbons (Fsp3) is 0.238. The van der Waals surface area contributed by atoms with Crippen LogP contribution in [-0.4, -0.2) is 59.2 Å². The molecule has 0 unspecified atom stereocenters. The van der Waals surface area contributed by atoms with Crippen LogP contribution in [0.4, 0.5) is 11.8 Å². The number of pyridine rings is 1. The van der Waals surface area contributed by atoms with Crippen LogP contribution < -0.4 is 5.32 Å². The van der Waals surface area contributed by atoms with E-state index in [-0.39, 0.29) is 5.91 Å². The van der Waals surface area contributed by atoms with Gasteiger partial charge < -0.3 is 15.3 Å². The van der Waals surface area contributed by atoms with Gasteiger partial charge in [0.25, 0.3) is 5.91 Å². The number of aliphatic hydroxyl groups is 1. The predicted molar refractivity (Wildman–Crippen MR) is 119 cm³/mol. The van der Waals surface area contributed by atoms with Gasteiger partial charge in [0.2, 0.25) is 5.95 Å². The van der Waals surface area contributed by atoms with Crippen molar-refractivity contribution in [2.45, 2.75) is 12.0 Å². The Balaban J connectivity index is 1.41. The summed E-state index contributed by atoms with van der Waals surface area (Å²) >= 11 is 1.42. The summed E-state index contributed by atoms with van der Waals surface area (Å²) in [4.78, 5) is 31.8. The van der Waals surface area contributed by atoms with E-state index in [9.17, 15) is 9.90 Å². The van der Waals surface area contributed by atoms with Crippen LogP contribution in [0.15, 0.2) is 48.2 Å². The molecular weight excluding hydrogens is 428 g/mol. The van der Waals surface area contributed by atoms with Crippen LogP contribution in [0.2, 0.25) is 0 Å². The Bertz CT molecular complexity index is 1300. The lowest BCUT2D eigenvalue weighted by atomic mass is 9.92. The lowest BCUT2D eigenvalue weighted by molar-refractivity contribution is -0.143. The summed E-state index contributed by atoms with van der Waals surface area (Å²) in [6.07, 6.45) is 5.42. The van der Waals surface area contributed by atoms with Crippen molar-refractivity contribution in [3.8, 4) is 22.1 Å². The van der Waals surface area contributed by atoms with Gasteiger partial charge in [-0.05, 0) is 23.8 Å². The third-order valence-corrected chi connectivity index (χ3v) is 6.21. The van der Waals surface area contributed by atoms with Gasteiger partial charge in [0.1, 0.15) is 10.7 Å². The number of hydrogen-bond donors (Lipinski definition) is 2. The summed E-state index contributed by atoms with van der Waals surface area (Å²) < 4.78 is 1.69. The topological polar surface area (TPSA) is 122 Å². The molecular formula is C21H20N8O2S. The van der Waals surface area contributed by atoms with Crippen LogP contribution in [0, 0.1) is 0 Å². The van der Waals surface area contributed by atoms with E-state index in [0.29, 0.717) is 52.4 Å². The molecule has 1 amide bonds. The van der Waals surface area contributed by atoms with Crippen molar-refractivity contribution in [1.29, 1.82) is 0 Å². The molecule has 32 heavy (non-hydrogen) atoms. The molecule has 1 saturated heterocycles. The maximum absolute atomic E-state index is 12.4. The zero-order chi connectivity index (χ0) is 22.3. The van der Waals surface area contributed by atoms with Crippen LogP contribution >= 0.6 is 11.3 Å². The number of aryl methyl sites for hydroxylation is 1. The molecule has 0 saturated carbocycles. The Hall–Kier alpha value is -3.70. The highest BCUT2D eigenvalue weighted by molar-refractivity contribution is 7.13. The van der Waals surface area contributed by atoms with E-state index < -0.39 is 5.60 Å². The van der Waals surface area contributed by atoms with Crippen molar-refractivity contribution in [2.75, 3.05) is 18.9 Å². The van der Waals surface area contributed by atoms with Gasteiger partial charge >= 0.3 is 0 Å². The first-order chi connectivity index (χ1) is 15.4. The molecule has 5 rings (SSSR count). The van der Waals surface area contributed by atoms with Crippen molar-refractivity contribution < 1.29 is 9.90 Å². The van der Waals surface area contributed by atoms with E-state index in [4.69, 9.17) is 0 Å². The molecule has 1 fully saturated rings. The molecule has 0 aliphatic carbocycles. The molecule has 0 spiro atoms. The van der Waals surface area contributed by atoms with Crippen LogP contribution in [0.1, 0.15) is 12.0 Å². The fourth-order valence-corrected chi connectivity index (χ4v) is 4.37. The van der Waals surface area contributed by atoms with E-state index in [0.717, 1.165) is 0 Å². The summed E-state index contributed by atoms with van der Waals surface area (Å²) in [5.41, 5.74) is 0.931. The SMILES string of the molecule is CN1CC[C@@](O)(c2ccnc(-c3nc(-c4ccnc(Nc5ccn(C)n5)n4)cs3)c2)C1=O. The van der Waals surface area contributed by atoms with Crippen LogP contribution in [0.25, 0.3) is 22.1 Å². The number of amides is 1. The second-order valence-electron chi connectivity index (χ2n) is 7.57. The Kier molecular flexibility index (Phi) is 4.91. The number of thiazole rings is 1. The van der Waals surface area contributed by atoms with Crippen molar-refractivity contribution in [3.63, 3.8) is 0 Å². The van der Waals surface area contributed by atoms with Crippen molar-refractivity contribution >= 4 is 29.0 Å². The molecule has 2 N–H and O–H groups in total. The molecule has 11 heteroatoms. The molecule has 4 aromatic rings. The number of nitrogens with zero attached hydrogens (tertiary/aromatic N) is 7. The van der Waals surface area contributed by atoms with Gasteiger partial charge in [-0.25, -0.2) is 15.0 Å². The predicted octanol–water partition coefficient (Wildman–Crippen LogP) is 2.19. The van der Waals surface area contributed by atoms with Crippen LogP contribution in [-0.2, 0) is 17.4 Å². The number of carbonyl (C=O) groups excluding carboxylic acids is 1. The minimum Gasteiger partial charge on any atom is -0.375 e. The number of rotatable bonds is 5. The second-order valence-corrected chi connectivity index (χ2v) is 8.43. The van der Waals surface area contributed by atoms with Crippen LogP contribution in [0.5, 0.6) is 0 Å². The maximum Gasteiger partial charge on any atom is 0.258 e. The molecule has 0 bridgehead atoms. The Morgan fingerprint density at radius 1 is 1.09 bits per heavy atom. The smallest absolute Gasteiger partial charge is 0.258 e. The molecule has 1 aliphatic rings. The normalized spacial score (nSPS) is 18.3. The standard InChI is InChI=1S/C21H20N8O2S/c1-28-10-6-21(31,19(28)30)13-3-7-22-15(11-13)18-24-16(12-32-18)14-4-8-23-20(25-14)26-17-5-9-29(2)27-17/h3-5,7-9,11-12,31H,6,10H2,1-2H3,(H,23,25,26,27)/t21-/m1/s1. The quantitative estimate of drug-likeness (QED) is 0.476. The maximum atomic E-state index is 12.4. The van der Waals surface area contributed by atoms with E-state index in [2.05, 4.69) is 30.4 Å². The van der Waals surface area contributed by atoms with E-state index in [1.807, 2.05) is 24.7 Å². The largest absolute Gasteiger partial charge is 0.375 e. The summed E-state index contributed by atoms with van der Waals surface area (Å²) in [5.74, 6) is 0.764. The number of likely N-dealkylation sites (tertiary alicyclic amines) is 1. The van der Waals surface area contributed by atoms with Gasteiger partial charge in [-0.3, -0.25) is 14.5 Å². The molecule has 162 valence electrons. The van der Waals surface area contributed by atoms with E-state index in [1.165, 1.54) is 16.2 Å². The lowest BCUT2D eigenvalue weighted by Gasteiger charge is -2.21. The van der Waals surface area contributed by atoms with Gasteiger partial charge in [0.05, 0.1) is 11.4 Å². The summed E-state index contributed by atoms with van der Waals surface area (Å²) in [5, 5.41) is 20.8. The fourth-order valence-electron chi connectivity index (χ4n) is 3.59. The van der Waals surface area contributed by atoms with Gasteiger partial charge in [-0.2, -0.15) is 5.10 Å². The number of anilines is 2. The highest BCUT2D eigenvalue weighted by atomic mass is 32.1. The Morgan fingerprint density at radius 3 is 2.69 bits per heavy atom. The molecule has 0 aromatic carbocycles. The summed E-state index contributed by atoms with van der Waals surface area (Å²) in [6, 6.07) is 7.02. The summed E-state index contributed by atoms with van der Waals surface area (Å²) in [7, 11) is 3.52. The average molecular weight is 449 g/mol. The van der Waals surface area contributed by atoms with Crippen molar-refractivity contribution in [1.82, 2.24) is 34.6 Å². The van der Waals surface area contributed by atoms with E-state index in [1.54, 1.807) is 42.3 Å². The average Bonchev–Trinajstić information content (AvgIpc) is 3.52. The summed E-state index contributed by atoms with van der Waals surface area (Å²) in [6.45, 7) is 0.511. The lowest BCUT2D eigenvalue weighted by Crippen LogP contribution is -2.36. The van der Waals surface area contributed by atoms with Crippen LogP contribution in [0.3, 0.4) is 0 Å². The molecule has 1 aliphatic heterocycles. The molecule has 4 aromatic heterocycles. The molecule has 10 nitrogen and oxygen atoms in total. The molecule has 5 heterocycles. The van der Waals surface area contributed by atoms with Gasteiger partial charge in [-0.1, -0.05) is 0 Å². The first-order valence-corrected chi connectivity index (χ1v) is 10.8. The number of aromatic nitrogens is 6.